The van der Waals surface area contributed by atoms with Crippen molar-refractivity contribution >= 4 is 17.4 Å². The molecule has 1 aromatic carbocycles. The Hall–Kier alpha value is -1.53. The summed E-state index contributed by atoms with van der Waals surface area (Å²) in [5, 5.41) is 9.99. The van der Waals surface area contributed by atoms with Gasteiger partial charge in [0.05, 0.1) is 5.69 Å². The monoisotopic (exact) mass is 413 g/mol. The SMILES string of the molecule is N#Cc1c(-c2ccc(Cl)cc2)cc([C]2[CH][CH][CH][CH]2)nc1N.[CH]1[CH][CH][CH][CH]1.[Fe+2]. The quantitative estimate of drug-likeness (QED) is 0.730. The van der Waals surface area contributed by atoms with E-state index >= 15 is 0 Å². The van der Waals surface area contributed by atoms with Gasteiger partial charge in [0.15, 0.2) is 0 Å². The van der Waals surface area contributed by atoms with Crippen molar-refractivity contribution in [2.24, 2.45) is 0 Å². The van der Waals surface area contributed by atoms with Crippen molar-refractivity contribution in [2.75, 3.05) is 5.73 Å². The molecule has 2 saturated carbocycles. The molecule has 3 nitrogen and oxygen atoms in total. The van der Waals surface area contributed by atoms with E-state index in [1.165, 1.54) is 0 Å². The summed E-state index contributed by atoms with van der Waals surface area (Å²) >= 11 is 5.91. The van der Waals surface area contributed by atoms with Crippen LogP contribution in [0.25, 0.3) is 11.1 Å². The minimum absolute atomic E-state index is 0. The Morgan fingerprint density at radius 1 is 0.889 bits per heavy atom. The second-order valence-corrected chi connectivity index (χ2v) is 6.01. The van der Waals surface area contributed by atoms with Crippen LogP contribution in [-0.4, -0.2) is 4.98 Å². The van der Waals surface area contributed by atoms with Crippen molar-refractivity contribution < 1.29 is 17.1 Å². The predicted molar refractivity (Wildman–Crippen MR) is 105 cm³/mol. The van der Waals surface area contributed by atoms with Crippen LogP contribution in [0.1, 0.15) is 11.3 Å². The van der Waals surface area contributed by atoms with Gasteiger partial charge in [-0.2, -0.15) is 5.26 Å². The second-order valence-electron chi connectivity index (χ2n) is 5.57. The van der Waals surface area contributed by atoms with Crippen molar-refractivity contribution in [1.82, 2.24) is 4.98 Å². The number of nitrogen functional groups attached to an aromatic ring is 1. The molecule has 0 aliphatic heterocycles. The Morgan fingerprint density at radius 3 is 1.96 bits per heavy atom. The van der Waals surface area contributed by atoms with Crippen LogP contribution in [-0.2, 0) is 17.1 Å². The van der Waals surface area contributed by atoms with Crippen molar-refractivity contribution in [3.63, 3.8) is 0 Å². The summed E-state index contributed by atoms with van der Waals surface area (Å²) in [6, 6.07) is 11.3. The molecule has 2 aliphatic carbocycles. The number of nitrogens with two attached hydrogens (primary N) is 1. The van der Waals surface area contributed by atoms with Gasteiger partial charge in [0.1, 0.15) is 17.5 Å². The minimum atomic E-state index is 0. The number of nitriles is 1. The third-order valence-electron chi connectivity index (χ3n) is 3.83. The third-order valence-corrected chi connectivity index (χ3v) is 4.08. The molecule has 1 heterocycles. The van der Waals surface area contributed by atoms with Crippen LogP contribution in [0.2, 0.25) is 5.02 Å². The van der Waals surface area contributed by atoms with E-state index in [-0.39, 0.29) is 22.9 Å². The van der Waals surface area contributed by atoms with Gasteiger partial charge in [0, 0.05) is 16.5 Å². The molecule has 0 bridgehead atoms. The van der Waals surface area contributed by atoms with Gasteiger partial charge in [-0.15, -0.1) is 0 Å². The molecule has 27 heavy (non-hydrogen) atoms. The zero-order valence-corrected chi connectivity index (χ0v) is 16.1. The molecule has 2 aromatic rings. The van der Waals surface area contributed by atoms with Gasteiger partial charge in [0.2, 0.25) is 0 Å². The summed E-state index contributed by atoms with van der Waals surface area (Å²) in [5.74, 6) is 1.21. The Morgan fingerprint density at radius 2 is 1.44 bits per heavy atom. The Balaban J connectivity index is 0.000000379. The summed E-state index contributed by atoms with van der Waals surface area (Å²) in [6.07, 6.45) is 17.8. The van der Waals surface area contributed by atoms with E-state index in [9.17, 15) is 5.26 Å². The Labute approximate surface area is 177 Å². The zero-order chi connectivity index (χ0) is 18.4. The molecular formula is C22H16ClFeN3+2. The molecule has 2 fully saturated rings. The van der Waals surface area contributed by atoms with Crippen LogP contribution in [0, 0.1) is 75.0 Å². The number of aromatic nitrogens is 1. The fraction of sp³-hybridized carbons (Fsp3) is 0. The first-order valence-corrected chi connectivity index (χ1v) is 8.42. The van der Waals surface area contributed by atoms with E-state index in [2.05, 4.69) is 11.1 Å². The molecule has 0 atom stereocenters. The van der Waals surface area contributed by atoms with Crippen LogP contribution in [0.15, 0.2) is 30.3 Å². The predicted octanol–water partition coefficient (Wildman–Crippen LogP) is 4.63. The molecule has 10 radical (unpaired) electrons. The molecule has 0 saturated heterocycles. The third kappa shape index (κ3) is 5.72. The largest absolute Gasteiger partial charge is 2.00 e. The number of benzene rings is 1. The van der Waals surface area contributed by atoms with Crippen molar-refractivity contribution in [2.45, 2.75) is 0 Å². The number of hydrogen-bond donors (Lipinski definition) is 1. The average Bonchev–Trinajstić information content (AvgIpc) is 3.38. The number of nitrogens with zero attached hydrogens (tertiary/aromatic N) is 2. The molecular weight excluding hydrogens is 398 g/mol. The maximum Gasteiger partial charge on any atom is 2.00 e. The first-order valence-electron chi connectivity index (χ1n) is 8.04. The molecule has 0 amide bonds. The zero-order valence-electron chi connectivity index (χ0n) is 14.3. The Bertz CT molecular complexity index is 766. The van der Waals surface area contributed by atoms with Gasteiger partial charge in [0.25, 0.3) is 0 Å². The smallest absolute Gasteiger partial charge is 0.383 e. The molecule has 0 spiro atoms. The maximum atomic E-state index is 9.34. The van der Waals surface area contributed by atoms with Crippen molar-refractivity contribution in [3.8, 4) is 17.2 Å². The average molecular weight is 414 g/mol. The van der Waals surface area contributed by atoms with Gasteiger partial charge in [-0.3, -0.25) is 0 Å². The maximum absolute atomic E-state index is 9.34. The fourth-order valence-electron chi connectivity index (χ4n) is 2.55. The number of pyridine rings is 1. The van der Waals surface area contributed by atoms with Gasteiger partial charge in [-0.1, -0.05) is 23.7 Å². The number of halogens is 1. The summed E-state index contributed by atoms with van der Waals surface area (Å²) < 4.78 is 0. The van der Waals surface area contributed by atoms with E-state index in [1.807, 2.05) is 76.0 Å². The number of hydrogen-bond acceptors (Lipinski definition) is 3. The van der Waals surface area contributed by atoms with E-state index in [0.717, 1.165) is 22.7 Å². The van der Waals surface area contributed by atoms with Gasteiger partial charge < -0.3 is 5.73 Å². The first-order chi connectivity index (χ1) is 12.7. The van der Waals surface area contributed by atoms with E-state index in [1.54, 1.807) is 12.1 Å². The van der Waals surface area contributed by atoms with Crippen LogP contribution < -0.4 is 5.73 Å². The minimum Gasteiger partial charge on any atom is -0.383 e. The second kappa shape index (κ2) is 10.7. The number of anilines is 1. The first kappa shape index (κ1) is 21.8. The van der Waals surface area contributed by atoms with Crippen molar-refractivity contribution in [1.29, 1.82) is 5.26 Å². The normalized spacial score (nSPS) is 16.1. The van der Waals surface area contributed by atoms with Crippen LogP contribution >= 0.6 is 11.6 Å². The van der Waals surface area contributed by atoms with Crippen molar-refractivity contribution in [3.05, 3.63) is 110 Å². The molecule has 4 rings (SSSR count). The van der Waals surface area contributed by atoms with Crippen LogP contribution in [0.4, 0.5) is 5.82 Å². The fourth-order valence-corrected chi connectivity index (χ4v) is 2.68. The summed E-state index contributed by atoms with van der Waals surface area (Å²) in [6.45, 7) is 0. The summed E-state index contributed by atoms with van der Waals surface area (Å²) in [5.41, 5.74) is 8.73. The molecule has 5 heteroatoms. The van der Waals surface area contributed by atoms with E-state index in [0.29, 0.717) is 10.6 Å². The van der Waals surface area contributed by atoms with Gasteiger partial charge >= 0.3 is 17.1 Å². The summed E-state index contributed by atoms with van der Waals surface area (Å²) in [7, 11) is 0. The molecule has 2 N–H and O–H groups in total. The molecule has 1 aromatic heterocycles. The summed E-state index contributed by atoms with van der Waals surface area (Å²) in [4.78, 5) is 4.32. The molecule has 2 aliphatic rings. The van der Waals surface area contributed by atoms with Crippen LogP contribution in [0.5, 0.6) is 0 Å². The topological polar surface area (TPSA) is 62.7 Å². The standard InChI is InChI=1S/C17H11ClN3.C5H5.Fe/c18-13-7-5-11(6-8-13)14-9-16(12-3-1-2-4-12)21-17(20)15(14)10-19;1-2-4-5-3-1;/h1-9H,(H2,20,21);1-5H;/q;;+2. The van der Waals surface area contributed by atoms with Gasteiger partial charge in [-0.25, -0.2) is 4.98 Å². The molecule has 132 valence electrons. The van der Waals surface area contributed by atoms with E-state index in [4.69, 9.17) is 17.3 Å². The number of rotatable bonds is 2. The molecule has 0 unspecified atom stereocenters. The van der Waals surface area contributed by atoms with E-state index < -0.39 is 0 Å². The van der Waals surface area contributed by atoms with Gasteiger partial charge in [-0.05, 0) is 81.5 Å². The van der Waals surface area contributed by atoms with Crippen LogP contribution in [0.3, 0.4) is 0 Å². The Kier molecular flexibility index (Phi) is 8.64.